The van der Waals surface area contributed by atoms with Crippen LogP contribution in [0.2, 0.25) is 0 Å². The van der Waals surface area contributed by atoms with Crippen LogP contribution in [-0.4, -0.2) is 30.8 Å². The van der Waals surface area contributed by atoms with Crippen molar-refractivity contribution < 1.29 is 5.11 Å². The van der Waals surface area contributed by atoms with Crippen LogP contribution in [-0.2, 0) is 0 Å². The molecule has 0 rings (SSSR count). The lowest BCUT2D eigenvalue weighted by Crippen LogP contribution is -2.32. The Labute approximate surface area is 93.0 Å². The van der Waals surface area contributed by atoms with E-state index in [9.17, 15) is 0 Å². The molecule has 4 heteroatoms. The molecule has 0 aliphatic rings. The lowest BCUT2D eigenvalue weighted by Gasteiger charge is -2.16. The van der Waals surface area contributed by atoms with E-state index >= 15 is 0 Å². The first kappa shape index (κ1) is 14.2. The van der Waals surface area contributed by atoms with Crippen molar-refractivity contribution in [2.75, 3.05) is 19.7 Å². The molecule has 0 bridgehead atoms. The van der Waals surface area contributed by atoms with Crippen molar-refractivity contribution in [1.82, 2.24) is 5.32 Å². The van der Waals surface area contributed by atoms with Gasteiger partial charge in [0.05, 0.1) is 0 Å². The van der Waals surface area contributed by atoms with E-state index in [1.165, 1.54) is 0 Å². The van der Waals surface area contributed by atoms with E-state index < -0.39 is 0 Å². The van der Waals surface area contributed by atoms with Crippen molar-refractivity contribution >= 4 is 5.96 Å². The van der Waals surface area contributed by atoms with Crippen molar-refractivity contribution in [3.63, 3.8) is 0 Å². The van der Waals surface area contributed by atoms with Crippen LogP contribution >= 0.6 is 0 Å². The number of aliphatic hydroxyl groups is 1. The molecule has 0 aromatic rings. The molecule has 1 unspecified atom stereocenters. The van der Waals surface area contributed by atoms with Crippen LogP contribution in [0, 0.1) is 11.8 Å². The Morgan fingerprint density at radius 1 is 1.47 bits per heavy atom. The third-order valence-electron chi connectivity index (χ3n) is 2.22. The van der Waals surface area contributed by atoms with Crippen LogP contribution < -0.4 is 11.1 Å². The first-order valence-electron chi connectivity index (χ1n) is 5.74. The average Bonchev–Trinajstić information content (AvgIpc) is 2.14. The molecular formula is C11H25N3O. The molecule has 0 aliphatic carbocycles. The van der Waals surface area contributed by atoms with Crippen molar-refractivity contribution in [3.05, 3.63) is 0 Å². The van der Waals surface area contributed by atoms with Gasteiger partial charge in [-0.15, -0.1) is 0 Å². The molecule has 0 heterocycles. The summed E-state index contributed by atoms with van der Waals surface area (Å²) < 4.78 is 0. The van der Waals surface area contributed by atoms with Crippen LogP contribution in [0.4, 0.5) is 0 Å². The number of nitrogens with two attached hydrogens (primary N) is 1. The minimum atomic E-state index is 0.230. The third kappa shape index (κ3) is 8.24. The highest BCUT2D eigenvalue weighted by Crippen LogP contribution is 2.15. The van der Waals surface area contributed by atoms with Crippen LogP contribution in [0.1, 0.15) is 33.6 Å². The second-order valence-electron chi connectivity index (χ2n) is 4.26. The van der Waals surface area contributed by atoms with Gasteiger partial charge in [-0.1, -0.05) is 13.8 Å². The quantitative estimate of drug-likeness (QED) is 0.437. The molecule has 0 aromatic heterocycles. The van der Waals surface area contributed by atoms with Gasteiger partial charge in [0.25, 0.3) is 0 Å². The Morgan fingerprint density at radius 2 is 2.13 bits per heavy atom. The fraction of sp³-hybridized carbons (Fsp3) is 0.909. The van der Waals surface area contributed by atoms with Crippen LogP contribution in [0.15, 0.2) is 4.99 Å². The van der Waals surface area contributed by atoms with Gasteiger partial charge in [-0.3, -0.25) is 4.99 Å². The molecule has 1 atom stereocenters. The van der Waals surface area contributed by atoms with E-state index in [1.54, 1.807) is 0 Å². The summed E-state index contributed by atoms with van der Waals surface area (Å²) in [6, 6.07) is 0. The fourth-order valence-electron chi connectivity index (χ4n) is 1.60. The maximum atomic E-state index is 8.92. The number of hydrogen-bond acceptors (Lipinski definition) is 2. The van der Waals surface area contributed by atoms with Crippen LogP contribution in [0.3, 0.4) is 0 Å². The van der Waals surface area contributed by atoms with E-state index in [-0.39, 0.29) is 6.61 Å². The summed E-state index contributed by atoms with van der Waals surface area (Å²) >= 11 is 0. The molecule has 15 heavy (non-hydrogen) atoms. The summed E-state index contributed by atoms with van der Waals surface area (Å²) in [4.78, 5) is 4.26. The SMILES string of the molecule is CCNC(N)=NCC(CCO)CC(C)C. The van der Waals surface area contributed by atoms with E-state index in [1.807, 2.05) is 6.92 Å². The molecule has 0 fully saturated rings. The largest absolute Gasteiger partial charge is 0.396 e. The molecule has 0 saturated heterocycles. The molecule has 4 N–H and O–H groups in total. The molecule has 0 amide bonds. The Morgan fingerprint density at radius 3 is 2.60 bits per heavy atom. The first-order chi connectivity index (χ1) is 7.10. The summed E-state index contributed by atoms with van der Waals surface area (Å²) in [6.45, 7) is 8.08. The summed E-state index contributed by atoms with van der Waals surface area (Å²) in [5, 5.41) is 11.9. The zero-order valence-corrected chi connectivity index (χ0v) is 10.2. The smallest absolute Gasteiger partial charge is 0.188 e. The number of nitrogens with zero attached hydrogens (tertiary/aromatic N) is 1. The molecule has 0 spiro atoms. The van der Waals surface area contributed by atoms with E-state index in [2.05, 4.69) is 24.2 Å². The molecule has 0 saturated carbocycles. The maximum absolute atomic E-state index is 8.92. The Bertz CT molecular complexity index is 181. The standard InChI is InChI=1S/C11H25N3O/c1-4-13-11(12)14-8-10(5-6-15)7-9(2)3/h9-10,15H,4-8H2,1-3H3,(H3,12,13,14). The van der Waals surface area contributed by atoms with Crippen LogP contribution in [0.25, 0.3) is 0 Å². The number of rotatable bonds is 7. The van der Waals surface area contributed by atoms with Crippen molar-refractivity contribution in [1.29, 1.82) is 0 Å². The highest BCUT2D eigenvalue weighted by Gasteiger charge is 2.09. The minimum absolute atomic E-state index is 0.230. The molecule has 0 aromatic carbocycles. The highest BCUT2D eigenvalue weighted by atomic mass is 16.3. The topological polar surface area (TPSA) is 70.6 Å². The van der Waals surface area contributed by atoms with Crippen molar-refractivity contribution in [2.24, 2.45) is 22.6 Å². The van der Waals surface area contributed by atoms with Gasteiger partial charge in [-0.25, -0.2) is 0 Å². The van der Waals surface area contributed by atoms with Crippen molar-refractivity contribution in [3.8, 4) is 0 Å². The Hall–Kier alpha value is -0.770. The minimum Gasteiger partial charge on any atom is -0.396 e. The number of guanidine groups is 1. The Balaban J connectivity index is 3.98. The average molecular weight is 215 g/mol. The highest BCUT2D eigenvalue weighted by molar-refractivity contribution is 5.77. The van der Waals surface area contributed by atoms with Crippen molar-refractivity contribution in [2.45, 2.75) is 33.6 Å². The third-order valence-corrected chi connectivity index (χ3v) is 2.22. The van der Waals surface area contributed by atoms with Gasteiger partial charge in [0.15, 0.2) is 5.96 Å². The summed E-state index contributed by atoms with van der Waals surface area (Å²) in [7, 11) is 0. The number of aliphatic hydroxyl groups excluding tert-OH is 1. The van der Waals surface area contributed by atoms with E-state index in [0.29, 0.717) is 24.3 Å². The number of aliphatic imine (C=N–C) groups is 1. The lowest BCUT2D eigenvalue weighted by atomic mass is 9.94. The monoisotopic (exact) mass is 215 g/mol. The number of nitrogens with one attached hydrogen (secondary N) is 1. The summed E-state index contributed by atoms with van der Waals surface area (Å²) in [5.74, 6) is 1.58. The van der Waals surface area contributed by atoms with Gasteiger partial charge >= 0.3 is 0 Å². The number of hydrogen-bond donors (Lipinski definition) is 3. The van der Waals surface area contributed by atoms with Gasteiger partial charge in [-0.05, 0) is 31.6 Å². The zero-order chi connectivity index (χ0) is 11.7. The summed E-state index contributed by atoms with van der Waals surface area (Å²) in [5.41, 5.74) is 5.64. The van der Waals surface area contributed by atoms with Gasteiger partial charge in [0.2, 0.25) is 0 Å². The van der Waals surface area contributed by atoms with Gasteiger partial charge in [-0.2, -0.15) is 0 Å². The molecule has 4 nitrogen and oxygen atoms in total. The second kappa shape index (κ2) is 8.53. The maximum Gasteiger partial charge on any atom is 0.188 e. The van der Waals surface area contributed by atoms with Crippen LogP contribution in [0.5, 0.6) is 0 Å². The van der Waals surface area contributed by atoms with Gasteiger partial charge in [0.1, 0.15) is 0 Å². The van der Waals surface area contributed by atoms with E-state index in [0.717, 1.165) is 19.4 Å². The lowest BCUT2D eigenvalue weighted by molar-refractivity contribution is 0.246. The van der Waals surface area contributed by atoms with Gasteiger partial charge < -0.3 is 16.2 Å². The molecule has 90 valence electrons. The predicted octanol–water partition coefficient (Wildman–Crippen LogP) is 0.955. The predicted molar refractivity (Wildman–Crippen MR) is 64.8 cm³/mol. The molecule has 0 radical (unpaired) electrons. The van der Waals surface area contributed by atoms with E-state index in [4.69, 9.17) is 10.8 Å². The fourth-order valence-corrected chi connectivity index (χ4v) is 1.60. The molecular weight excluding hydrogens is 190 g/mol. The Kier molecular flexibility index (Phi) is 8.09. The van der Waals surface area contributed by atoms with Gasteiger partial charge in [0, 0.05) is 19.7 Å². The summed E-state index contributed by atoms with van der Waals surface area (Å²) in [6.07, 6.45) is 1.89. The normalized spacial score (nSPS) is 14.3. The molecule has 0 aliphatic heterocycles. The zero-order valence-electron chi connectivity index (χ0n) is 10.2. The first-order valence-corrected chi connectivity index (χ1v) is 5.74. The second-order valence-corrected chi connectivity index (χ2v) is 4.26.